The Labute approximate surface area is 184 Å². The predicted octanol–water partition coefficient (Wildman–Crippen LogP) is 3.92. The number of hydrogen-bond acceptors (Lipinski definition) is 5. The maximum Gasteiger partial charge on any atom is 0.231 e. The van der Waals surface area contributed by atoms with Crippen LogP contribution in [0.1, 0.15) is 36.1 Å². The van der Waals surface area contributed by atoms with Gasteiger partial charge in [0.05, 0.1) is 6.54 Å². The van der Waals surface area contributed by atoms with Crippen molar-refractivity contribution in [3.05, 3.63) is 59.0 Å². The lowest BCUT2D eigenvalue weighted by Crippen LogP contribution is -2.44. The van der Waals surface area contributed by atoms with Gasteiger partial charge in [-0.2, -0.15) is 0 Å². The van der Waals surface area contributed by atoms with E-state index in [1.807, 2.05) is 30.3 Å². The number of nitrogens with one attached hydrogen (secondary N) is 2. The summed E-state index contributed by atoms with van der Waals surface area (Å²) in [5, 5.41) is 7.38. The number of hydrogen-bond donors (Lipinski definition) is 2. The number of ether oxygens (including phenoxy) is 2. The largest absolute Gasteiger partial charge is 0.454 e. The van der Waals surface area contributed by atoms with E-state index in [9.17, 15) is 9.59 Å². The SMILES string of the molecule is O=C(CC[C@]1(Cc2ccc3c(c2)OCO3)CCC(=O)N1)NCc1cc2ccccc2s1. The summed E-state index contributed by atoms with van der Waals surface area (Å²) in [6, 6.07) is 16.2. The standard InChI is InChI=1S/C24H24N2O4S/c27-22(25-14-18-12-17-3-1-2-4-21(17)31-18)7-9-24(10-8-23(28)26-24)13-16-5-6-19-20(11-16)30-15-29-19/h1-6,11-12H,7-10,13-15H2,(H,25,27)(H,26,28)/t24-/m1/s1. The summed E-state index contributed by atoms with van der Waals surface area (Å²) < 4.78 is 12.1. The van der Waals surface area contributed by atoms with Crippen molar-refractivity contribution in [3.63, 3.8) is 0 Å². The van der Waals surface area contributed by atoms with Gasteiger partial charge in [0.15, 0.2) is 11.5 Å². The third-order valence-corrected chi connectivity index (χ3v) is 7.10. The fourth-order valence-corrected chi connectivity index (χ4v) is 5.38. The summed E-state index contributed by atoms with van der Waals surface area (Å²) in [7, 11) is 0. The Morgan fingerprint density at radius 1 is 1.13 bits per heavy atom. The summed E-state index contributed by atoms with van der Waals surface area (Å²) >= 11 is 1.70. The quantitative estimate of drug-likeness (QED) is 0.589. The Morgan fingerprint density at radius 3 is 2.84 bits per heavy atom. The van der Waals surface area contributed by atoms with E-state index in [4.69, 9.17) is 9.47 Å². The van der Waals surface area contributed by atoms with Crippen LogP contribution in [0.15, 0.2) is 48.5 Å². The lowest BCUT2D eigenvalue weighted by Gasteiger charge is -2.29. The fraction of sp³-hybridized carbons (Fsp3) is 0.333. The Kier molecular flexibility index (Phi) is 5.28. The highest BCUT2D eigenvalue weighted by Gasteiger charge is 2.38. The molecule has 5 rings (SSSR count). The summed E-state index contributed by atoms with van der Waals surface area (Å²) in [4.78, 5) is 25.7. The lowest BCUT2D eigenvalue weighted by atomic mass is 9.85. The van der Waals surface area contributed by atoms with Crippen LogP contribution in [0.3, 0.4) is 0 Å². The third kappa shape index (κ3) is 4.37. The molecule has 0 bridgehead atoms. The molecule has 1 aromatic heterocycles. The molecule has 0 unspecified atom stereocenters. The maximum atomic E-state index is 12.6. The van der Waals surface area contributed by atoms with E-state index in [1.165, 1.54) is 10.1 Å². The van der Waals surface area contributed by atoms with Crippen LogP contribution in [0, 0.1) is 0 Å². The molecule has 0 spiro atoms. The molecule has 0 saturated carbocycles. The first-order chi connectivity index (χ1) is 15.1. The molecule has 6 nitrogen and oxygen atoms in total. The summed E-state index contributed by atoms with van der Waals surface area (Å²) in [5.41, 5.74) is 0.664. The van der Waals surface area contributed by atoms with Gasteiger partial charge >= 0.3 is 0 Å². The second-order valence-electron chi connectivity index (χ2n) is 8.22. The van der Waals surface area contributed by atoms with Gasteiger partial charge in [-0.25, -0.2) is 0 Å². The molecule has 1 fully saturated rings. The number of benzene rings is 2. The van der Waals surface area contributed by atoms with Gasteiger partial charge in [0.2, 0.25) is 18.6 Å². The van der Waals surface area contributed by atoms with Crippen LogP contribution in [-0.2, 0) is 22.6 Å². The van der Waals surface area contributed by atoms with Gasteiger partial charge in [-0.15, -0.1) is 11.3 Å². The van der Waals surface area contributed by atoms with Crippen molar-refractivity contribution < 1.29 is 19.1 Å². The first kappa shape index (κ1) is 19.9. The maximum absolute atomic E-state index is 12.6. The van der Waals surface area contributed by atoms with Crippen molar-refractivity contribution in [3.8, 4) is 11.5 Å². The van der Waals surface area contributed by atoms with Crippen LogP contribution in [-0.4, -0.2) is 24.1 Å². The number of fused-ring (bicyclic) bond motifs is 2. The molecule has 2 N–H and O–H groups in total. The number of rotatable bonds is 7. The van der Waals surface area contributed by atoms with E-state index in [0.717, 1.165) is 28.4 Å². The van der Waals surface area contributed by atoms with Crippen molar-refractivity contribution >= 4 is 33.2 Å². The summed E-state index contributed by atoms with van der Waals surface area (Å²) in [6.07, 6.45) is 2.86. The molecule has 3 aromatic rings. The normalized spacial score (nSPS) is 19.5. The first-order valence-corrected chi connectivity index (χ1v) is 11.3. The van der Waals surface area contributed by atoms with Crippen molar-refractivity contribution in [2.75, 3.05) is 6.79 Å². The van der Waals surface area contributed by atoms with Gasteiger partial charge in [-0.1, -0.05) is 24.3 Å². The minimum Gasteiger partial charge on any atom is -0.454 e. The number of thiophene rings is 1. The lowest BCUT2D eigenvalue weighted by molar-refractivity contribution is -0.122. The molecule has 0 aliphatic carbocycles. The van der Waals surface area contributed by atoms with E-state index in [1.54, 1.807) is 11.3 Å². The topological polar surface area (TPSA) is 76.7 Å². The number of carbonyl (C=O) groups excluding carboxylic acids is 2. The van der Waals surface area contributed by atoms with Gasteiger partial charge < -0.3 is 20.1 Å². The van der Waals surface area contributed by atoms with E-state index in [0.29, 0.717) is 32.2 Å². The monoisotopic (exact) mass is 436 g/mol. The molecule has 3 heterocycles. The Bertz CT molecular complexity index is 1110. The highest BCUT2D eigenvalue weighted by molar-refractivity contribution is 7.19. The van der Waals surface area contributed by atoms with Gasteiger partial charge in [0, 0.05) is 28.0 Å². The summed E-state index contributed by atoms with van der Waals surface area (Å²) in [5.74, 6) is 1.53. The van der Waals surface area contributed by atoms with Crippen LogP contribution in [0.25, 0.3) is 10.1 Å². The molecule has 1 saturated heterocycles. The van der Waals surface area contributed by atoms with Gasteiger partial charge in [0.1, 0.15) is 0 Å². The van der Waals surface area contributed by atoms with Crippen molar-refractivity contribution in [1.82, 2.24) is 10.6 Å². The Morgan fingerprint density at radius 2 is 2.00 bits per heavy atom. The zero-order chi connectivity index (χ0) is 21.3. The number of amides is 2. The molecule has 1 atom stereocenters. The van der Waals surface area contributed by atoms with E-state index in [2.05, 4.69) is 28.8 Å². The highest BCUT2D eigenvalue weighted by atomic mass is 32.1. The van der Waals surface area contributed by atoms with E-state index < -0.39 is 5.54 Å². The average Bonchev–Trinajstić information content (AvgIpc) is 3.49. The zero-order valence-corrected chi connectivity index (χ0v) is 17.9. The molecule has 7 heteroatoms. The second-order valence-corrected chi connectivity index (χ2v) is 9.39. The third-order valence-electron chi connectivity index (χ3n) is 5.98. The molecule has 2 aromatic carbocycles. The molecule has 160 valence electrons. The highest BCUT2D eigenvalue weighted by Crippen LogP contribution is 2.36. The predicted molar refractivity (Wildman–Crippen MR) is 119 cm³/mol. The van der Waals surface area contributed by atoms with Gasteiger partial charge in [0.25, 0.3) is 0 Å². The molecule has 31 heavy (non-hydrogen) atoms. The zero-order valence-electron chi connectivity index (χ0n) is 17.1. The van der Waals surface area contributed by atoms with Crippen LogP contribution < -0.4 is 20.1 Å². The Balaban J connectivity index is 1.20. The van der Waals surface area contributed by atoms with Crippen LogP contribution in [0.4, 0.5) is 0 Å². The molecular weight excluding hydrogens is 412 g/mol. The van der Waals surface area contributed by atoms with Gasteiger partial charge in [-0.3, -0.25) is 9.59 Å². The van der Waals surface area contributed by atoms with Crippen molar-refractivity contribution in [2.45, 2.75) is 44.2 Å². The van der Waals surface area contributed by atoms with Crippen LogP contribution in [0.2, 0.25) is 0 Å². The van der Waals surface area contributed by atoms with Gasteiger partial charge in [-0.05, 0) is 54.5 Å². The minimum atomic E-state index is -0.403. The van der Waals surface area contributed by atoms with Crippen molar-refractivity contribution in [1.29, 1.82) is 0 Å². The first-order valence-electron chi connectivity index (χ1n) is 10.5. The Hall–Kier alpha value is -3.06. The van der Waals surface area contributed by atoms with Crippen LogP contribution in [0.5, 0.6) is 11.5 Å². The van der Waals surface area contributed by atoms with Crippen molar-refractivity contribution in [2.24, 2.45) is 0 Å². The van der Waals surface area contributed by atoms with E-state index in [-0.39, 0.29) is 18.6 Å². The smallest absolute Gasteiger partial charge is 0.231 e. The molecule has 2 amide bonds. The fourth-order valence-electron chi connectivity index (χ4n) is 4.37. The molecule has 2 aliphatic heterocycles. The second kappa shape index (κ2) is 8.23. The average molecular weight is 437 g/mol. The number of carbonyl (C=O) groups is 2. The summed E-state index contributed by atoms with van der Waals surface area (Å²) in [6.45, 7) is 0.764. The molecule has 0 radical (unpaired) electrons. The van der Waals surface area contributed by atoms with Crippen LogP contribution >= 0.6 is 11.3 Å². The molecule has 2 aliphatic rings. The molecular formula is C24H24N2O4S. The van der Waals surface area contributed by atoms with E-state index >= 15 is 0 Å². The minimum absolute atomic E-state index is 0.00340.